The summed E-state index contributed by atoms with van der Waals surface area (Å²) in [7, 11) is 1.75. The maximum atomic E-state index is 12.0. The lowest BCUT2D eigenvalue weighted by atomic mass is 10.0. The Hall–Kier alpha value is -1.89. The number of amides is 1. The quantitative estimate of drug-likeness (QED) is 0.825. The van der Waals surface area contributed by atoms with Crippen molar-refractivity contribution in [3.8, 4) is 0 Å². The predicted molar refractivity (Wildman–Crippen MR) is 81.9 cm³/mol. The molecule has 7 heteroatoms. The third-order valence-corrected chi connectivity index (χ3v) is 4.15. The molecular weight excluding hydrogens is 286 g/mol. The van der Waals surface area contributed by atoms with Gasteiger partial charge in [-0.1, -0.05) is 48.5 Å². The van der Waals surface area contributed by atoms with Crippen LogP contribution in [0.2, 0.25) is 0 Å². The number of aromatic nitrogens is 4. The molecule has 0 saturated heterocycles. The first-order valence-electron chi connectivity index (χ1n) is 6.81. The molecule has 0 aliphatic rings. The van der Waals surface area contributed by atoms with Crippen LogP contribution in [0, 0.1) is 6.92 Å². The molecule has 2 rings (SSSR count). The number of hydrogen-bond donors (Lipinski definition) is 1. The van der Waals surface area contributed by atoms with Crippen molar-refractivity contribution in [2.45, 2.75) is 31.5 Å². The Morgan fingerprint density at radius 2 is 2.10 bits per heavy atom. The number of carbonyl (C=O) groups excluding carboxylic acids is 1. The molecule has 0 radical (unpaired) electrons. The van der Waals surface area contributed by atoms with Crippen molar-refractivity contribution in [2.75, 3.05) is 5.75 Å². The van der Waals surface area contributed by atoms with E-state index >= 15 is 0 Å². The van der Waals surface area contributed by atoms with Gasteiger partial charge in [-0.05, 0) is 29.3 Å². The summed E-state index contributed by atoms with van der Waals surface area (Å²) in [6, 6.07) is 8.28. The molecule has 0 aliphatic carbocycles. The number of nitrogens with zero attached hydrogens (tertiary/aromatic N) is 4. The maximum absolute atomic E-state index is 12.0. The summed E-state index contributed by atoms with van der Waals surface area (Å²) in [4.78, 5) is 12.0. The Labute approximate surface area is 128 Å². The fraction of sp³-hybridized carbons (Fsp3) is 0.429. The largest absolute Gasteiger partial charge is 0.349 e. The molecule has 0 aliphatic heterocycles. The number of hydrogen-bond acceptors (Lipinski definition) is 5. The van der Waals surface area contributed by atoms with Crippen molar-refractivity contribution in [2.24, 2.45) is 7.05 Å². The van der Waals surface area contributed by atoms with Crippen LogP contribution in [0.3, 0.4) is 0 Å². The van der Waals surface area contributed by atoms with E-state index < -0.39 is 0 Å². The van der Waals surface area contributed by atoms with Crippen LogP contribution in [0.25, 0.3) is 0 Å². The highest BCUT2D eigenvalue weighted by molar-refractivity contribution is 7.99. The zero-order valence-corrected chi connectivity index (χ0v) is 13.2. The molecule has 0 bridgehead atoms. The first kappa shape index (κ1) is 15.5. The van der Waals surface area contributed by atoms with E-state index in [9.17, 15) is 4.79 Å². The van der Waals surface area contributed by atoms with Crippen molar-refractivity contribution in [3.63, 3.8) is 0 Å². The summed E-state index contributed by atoms with van der Waals surface area (Å²) in [6.45, 7) is 4.11. The number of benzene rings is 1. The zero-order chi connectivity index (χ0) is 15.2. The highest BCUT2D eigenvalue weighted by Gasteiger charge is 2.14. The Bertz CT molecular complexity index is 596. The van der Waals surface area contributed by atoms with Gasteiger partial charge in [0.2, 0.25) is 11.1 Å². The van der Waals surface area contributed by atoms with Crippen molar-refractivity contribution < 1.29 is 4.79 Å². The third-order valence-electron chi connectivity index (χ3n) is 3.14. The minimum atomic E-state index is -0.0181. The summed E-state index contributed by atoms with van der Waals surface area (Å²) in [5.41, 5.74) is 2.34. The molecule has 0 spiro atoms. The van der Waals surface area contributed by atoms with E-state index in [0.29, 0.717) is 10.9 Å². The van der Waals surface area contributed by atoms with Gasteiger partial charge in [-0.25, -0.2) is 4.68 Å². The average Bonchev–Trinajstić information content (AvgIpc) is 2.89. The number of carbonyl (C=O) groups is 1. The van der Waals surface area contributed by atoms with Gasteiger partial charge in [0.1, 0.15) is 0 Å². The third kappa shape index (κ3) is 4.29. The Morgan fingerprint density at radius 1 is 1.38 bits per heavy atom. The van der Waals surface area contributed by atoms with Gasteiger partial charge < -0.3 is 5.32 Å². The lowest BCUT2D eigenvalue weighted by molar-refractivity contribution is -0.119. The van der Waals surface area contributed by atoms with E-state index in [1.807, 2.05) is 0 Å². The number of aryl methyl sites for hydroxylation is 2. The van der Waals surface area contributed by atoms with Gasteiger partial charge in [0.15, 0.2) is 0 Å². The van der Waals surface area contributed by atoms with E-state index in [2.05, 4.69) is 59.0 Å². The molecule has 112 valence electrons. The van der Waals surface area contributed by atoms with E-state index in [1.54, 1.807) is 11.7 Å². The molecule has 21 heavy (non-hydrogen) atoms. The number of rotatable bonds is 6. The topological polar surface area (TPSA) is 72.7 Å². The van der Waals surface area contributed by atoms with Gasteiger partial charge in [-0.3, -0.25) is 4.79 Å². The highest BCUT2D eigenvalue weighted by atomic mass is 32.2. The highest BCUT2D eigenvalue weighted by Crippen LogP contribution is 2.18. The lowest BCUT2D eigenvalue weighted by Crippen LogP contribution is -2.29. The zero-order valence-electron chi connectivity index (χ0n) is 12.4. The molecule has 1 N–H and O–H groups in total. The standard InChI is InChI=1S/C14H19N5OS/c1-4-12(11-7-5-10(2)6-8-11)15-13(20)9-21-14-16-17-18-19(14)3/h5-8,12H,4,9H2,1-3H3,(H,15,20)/t12-/m1/s1. The van der Waals surface area contributed by atoms with Gasteiger partial charge in [0, 0.05) is 7.05 Å². The molecule has 1 heterocycles. The van der Waals surface area contributed by atoms with E-state index in [4.69, 9.17) is 0 Å². The second-order valence-corrected chi connectivity index (χ2v) is 5.76. The molecule has 1 atom stereocenters. The fourth-order valence-corrected chi connectivity index (χ4v) is 2.59. The van der Waals surface area contributed by atoms with Gasteiger partial charge in [0.05, 0.1) is 11.8 Å². The van der Waals surface area contributed by atoms with Crippen LogP contribution in [0.15, 0.2) is 29.4 Å². The Kier molecular flexibility index (Phi) is 5.32. The molecule has 1 aromatic heterocycles. The molecule has 0 fully saturated rings. The van der Waals surface area contributed by atoms with Crippen molar-refractivity contribution in [3.05, 3.63) is 35.4 Å². The van der Waals surface area contributed by atoms with Crippen LogP contribution in [-0.2, 0) is 11.8 Å². The smallest absolute Gasteiger partial charge is 0.230 e. The number of tetrazole rings is 1. The lowest BCUT2D eigenvalue weighted by Gasteiger charge is -2.17. The SMILES string of the molecule is CC[C@@H](NC(=O)CSc1nnnn1C)c1ccc(C)cc1. The maximum Gasteiger partial charge on any atom is 0.230 e. The number of nitrogens with one attached hydrogen (secondary N) is 1. The van der Waals surface area contributed by atoms with Crippen LogP contribution in [0.5, 0.6) is 0 Å². The van der Waals surface area contributed by atoms with Crippen molar-refractivity contribution in [1.82, 2.24) is 25.5 Å². The van der Waals surface area contributed by atoms with E-state index in [-0.39, 0.29) is 11.9 Å². The summed E-state index contributed by atoms with van der Waals surface area (Å²) in [5.74, 6) is 0.284. The molecule has 2 aromatic rings. The van der Waals surface area contributed by atoms with Crippen molar-refractivity contribution in [1.29, 1.82) is 0 Å². The second kappa shape index (κ2) is 7.21. The summed E-state index contributed by atoms with van der Waals surface area (Å²) in [6.07, 6.45) is 0.852. The van der Waals surface area contributed by atoms with Crippen LogP contribution in [0.1, 0.15) is 30.5 Å². The molecule has 0 saturated carbocycles. The van der Waals surface area contributed by atoms with Gasteiger partial charge in [0.25, 0.3) is 0 Å². The number of thioether (sulfide) groups is 1. The van der Waals surface area contributed by atoms with Gasteiger partial charge in [-0.2, -0.15) is 0 Å². The summed E-state index contributed by atoms with van der Waals surface area (Å²) in [5, 5.41) is 14.8. The normalized spacial score (nSPS) is 12.1. The molecule has 1 amide bonds. The first-order chi connectivity index (χ1) is 10.1. The molecule has 0 unspecified atom stereocenters. The summed E-state index contributed by atoms with van der Waals surface area (Å²) >= 11 is 1.33. The predicted octanol–water partition coefficient (Wildman–Crippen LogP) is 1.88. The van der Waals surface area contributed by atoms with Gasteiger partial charge in [-0.15, -0.1) is 5.10 Å². The van der Waals surface area contributed by atoms with E-state index in [0.717, 1.165) is 12.0 Å². The van der Waals surface area contributed by atoms with Crippen LogP contribution in [-0.4, -0.2) is 31.9 Å². The van der Waals surface area contributed by atoms with Crippen LogP contribution < -0.4 is 5.32 Å². The minimum Gasteiger partial charge on any atom is -0.349 e. The van der Waals surface area contributed by atoms with Crippen molar-refractivity contribution >= 4 is 17.7 Å². The van der Waals surface area contributed by atoms with E-state index in [1.165, 1.54) is 17.3 Å². The first-order valence-corrected chi connectivity index (χ1v) is 7.79. The van der Waals surface area contributed by atoms with Gasteiger partial charge >= 0.3 is 0 Å². The molecule has 6 nitrogen and oxygen atoms in total. The van der Waals surface area contributed by atoms with Crippen LogP contribution >= 0.6 is 11.8 Å². The Balaban J connectivity index is 1.90. The average molecular weight is 305 g/mol. The van der Waals surface area contributed by atoms with Crippen LogP contribution in [0.4, 0.5) is 0 Å². The monoisotopic (exact) mass is 305 g/mol. The fourth-order valence-electron chi connectivity index (χ4n) is 1.93. The second-order valence-electron chi connectivity index (χ2n) is 4.81. The molecular formula is C14H19N5OS. The molecule has 1 aromatic carbocycles. The minimum absolute atomic E-state index is 0.0181. The Morgan fingerprint density at radius 3 is 2.67 bits per heavy atom. The summed E-state index contributed by atoms with van der Waals surface area (Å²) < 4.78 is 1.55.